The van der Waals surface area contributed by atoms with E-state index in [4.69, 9.17) is 4.74 Å². The molecule has 2 aliphatic heterocycles. The van der Waals surface area contributed by atoms with Crippen molar-refractivity contribution >= 4 is 17.7 Å². The van der Waals surface area contributed by atoms with Crippen molar-refractivity contribution in [2.75, 3.05) is 5.88 Å². The Morgan fingerprint density at radius 1 is 1.16 bits per heavy atom. The summed E-state index contributed by atoms with van der Waals surface area (Å²) in [6.45, 7) is 8.53. The minimum Gasteiger partial charge on any atom is -0.506 e. The molecule has 1 N–H and O–H groups in total. The molecule has 2 unspecified atom stereocenters. The predicted octanol–water partition coefficient (Wildman–Crippen LogP) is 5.39. The highest BCUT2D eigenvalue weighted by Gasteiger charge is 2.53. The van der Waals surface area contributed by atoms with E-state index in [-0.39, 0.29) is 34.3 Å². The largest absolute Gasteiger partial charge is 0.506 e. The molecule has 1 amide bonds. The fraction of sp³-hybridized carbons (Fsp3) is 0.850. The van der Waals surface area contributed by atoms with Gasteiger partial charge >= 0.3 is 0 Å². The lowest BCUT2D eigenvalue weighted by Crippen LogP contribution is -2.39. The Bertz CT molecular complexity index is 489. The Labute approximate surface area is 157 Å². The first kappa shape index (κ1) is 20.5. The molecule has 0 aromatic carbocycles. The molecular weight excluding hydrogens is 334 g/mol. The van der Waals surface area contributed by atoms with Crippen molar-refractivity contribution in [2.24, 2.45) is 0 Å². The first-order chi connectivity index (χ1) is 11.9. The van der Waals surface area contributed by atoms with Gasteiger partial charge in [0.05, 0.1) is 12.0 Å². The van der Waals surface area contributed by atoms with Crippen LogP contribution < -0.4 is 0 Å². The normalized spacial score (nSPS) is 23.3. The lowest BCUT2D eigenvalue weighted by atomic mass is 10.0. The molecule has 25 heavy (non-hydrogen) atoms. The molecule has 0 saturated carbocycles. The highest BCUT2D eigenvalue weighted by molar-refractivity contribution is 8.00. The van der Waals surface area contributed by atoms with Crippen LogP contribution in [-0.4, -0.2) is 38.7 Å². The highest BCUT2D eigenvalue weighted by atomic mass is 32.2. The van der Waals surface area contributed by atoms with Gasteiger partial charge in [-0.1, -0.05) is 52.4 Å². The number of aliphatic hydroxyl groups excluding tert-OH is 1. The summed E-state index contributed by atoms with van der Waals surface area (Å²) in [5.41, 5.74) is 0. The Morgan fingerprint density at radius 2 is 1.84 bits per heavy atom. The minimum absolute atomic E-state index is 0.0352. The van der Waals surface area contributed by atoms with E-state index < -0.39 is 0 Å². The fourth-order valence-electron chi connectivity index (χ4n) is 3.80. The van der Waals surface area contributed by atoms with Crippen LogP contribution in [0.1, 0.15) is 85.5 Å². The SMILES string of the molecule is CCCCCCCCC(CCC)OC1=C(O)C2N(CSC2(C)C)C1=O. The van der Waals surface area contributed by atoms with Crippen LogP contribution in [0.15, 0.2) is 11.5 Å². The predicted molar refractivity (Wildman–Crippen MR) is 105 cm³/mol. The van der Waals surface area contributed by atoms with Crippen LogP contribution in [0, 0.1) is 0 Å². The van der Waals surface area contributed by atoms with Crippen LogP contribution in [0.2, 0.25) is 0 Å². The van der Waals surface area contributed by atoms with Crippen LogP contribution in [0.25, 0.3) is 0 Å². The van der Waals surface area contributed by atoms with Gasteiger partial charge in [-0.25, -0.2) is 0 Å². The summed E-state index contributed by atoms with van der Waals surface area (Å²) in [6.07, 6.45) is 10.5. The molecule has 0 bridgehead atoms. The summed E-state index contributed by atoms with van der Waals surface area (Å²) in [7, 11) is 0. The van der Waals surface area contributed by atoms with Gasteiger partial charge in [-0.15, -0.1) is 11.8 Å². The van der Waals surface area contributed by atoms with Gasteiger partial charge < -0.3 is 14.7 Å². The van der Waals surface area contributed by atoms with E-state index >= 15 is 0 Å². The smallest absolute Gasteiger partial charge is 0.293 e. The van der Waals surface area contributed by atoms with Crippen molar-refractivity contribution < 1.29 is 14.6 Å². The first-order valence-electron chi connectivity index (χ1n) is 9.97. The quantitative estimate of drug-likeness (QED) is 0.496. The van der Waals surface area contributed by atoms with Crippen molar-refractivity contribution in [2.45, 2.75) is 102 Å². The topological polar surface area (TPSA) is 49.8 Å². The van der Waals surface area contributed by atoms with E-state index in [1.165, 1.54) is 32.1 Å². The number of ether oxygens (including phenoxy) is 1. The van der Waals surface area contributed by atoms with Crippen LogP contribution in [-0.2, 0) is 9.53 Å². The molecule has 1 saturated heterocycles. The van der Waals surface area contributed by atoms with Gasteiger partial charge in [-0.2, -0.15) is 0 Å². The molecule has 2 aliphatic rings. The number of fused-ring (bicyclic) bond motifs is 1. The summed E-state index contributed by atoms with van der Waals surface area (Å²) >= 11 is 1.71. The van der Waals surface area contributed by atoms with Gasteiger partial charge in [0.15, 0.2) is 5.76 Å². The first-order valence-corrected chi connectivity index (χ1v) is 11.0. The standard InChI is InChI=1S/C20H35NO3S/c1-5-7-8-9-10-11-13-15(12-6-2)24-17-16(22)18-20(3,4)25-14-21(18)19(17)23/h15,18,22H,5-14H2,1-4H3. The van der Waals surface area contributed by atoms with Crippen LogP contribution in [0.4, 0.5) is 0 Å². The van der Waals surface area contributed by atoms with Crippen LogP contribution in [0.3, 0.4) is 0 Å². The summed E-state index contributed by atoms with van der Waals surface area (Å²) in [5.74, 6) is 0.847. The number of thioether (sulfide) groups is 1. The number of hydrogen-bond donors (Lipinski definition) is 1. The minimum atomic E-state index is -0.240. The van der Waals surface area contributed by atoms with Gasteiger partial charge in [0.25, 0.3) is 5.91 Å². The third-order valence-corrected chi connectivity index (χ3v) is 6.64. The number of nitrogens with zero attached hydrogens (tertiary/aromatic N) is 1. The van der Waals surface area contributed by atoms with Crippen molar-refractivity contribution in [3.8, 4) is 0 Å². The Morgan fingerprint density at radius 3 is 2.48 bits per heavy atom. The zero-order chi connectivity index (χ0) is 18.4. The maximum Gasteiger partial charge on any atom is 0.293 e. The number of rotatable bonds is 11. The molecule has 2 heterocycles. The van der Waals surface area contributed by atoms with E-state index in [1.54, 1.807) is 16.7 Å². The van der Waals surface area contributed by atoms with Crippen molar-refractivity contribution in [3.63, 3.8) is 0 Å². The molecule has 0 aromatic rings. The molecule has 5 heteroatoms. The second-order valence-corrected chi connectivity index (χ2v) is 9.45. The molecule has 2 atom stereocenters. The summed E-state index contributed by atoms with van der Waals surface area (Å²) in [4.78, 5) is 14.4. The summed E-state index contributed by atoms with van der Waals surface area (Å²) < 4.78 is 5.90. The molecule has 0 radical (unpaired) electrons. The van der Waals surface area contributed by atoms with E-state index in [9.17, 15) is 9.90 Å². The molecule has 0 spiro atoms. The number of carbonyl (C=O) groups is 1. The van der Waals surface area contributed by atoms with E-state index in [0.29, 0.717) is 5.88 Å². The monoisotopic (exact) mass is 369 g/mol. The zero-order valence-electron chi connectivity index (χ0n) is 16.3. The lowest BCUT2D eigenvalue weighted by molar-refractivity contribution is -0.130. The van der Waals surface area contributed by atoms with Gasteiger partial charge in [-0.05, 0) is 33.1 Å². The van der Waals surface area contributed by atoms with Crippen molar-refractivity contribution in [3.05, 3.63) is 11.5 Å². The molecular formula is C20H35NO3S. The van der Waals surface area contributed by atoms with E-state index in [1.807, 2.05) is 0 Å². The molecule has 144 valence electrons. The zero-order valence-corrected chi connectivity index (χ0v) is 17.2. The lowest BCUT2D eigenvalue weighted by Gasteiger charge is -2.24. The second kappa shape index (κ2) is 9.20. The van der Waals surface area contributed by atoms with Crippen molar-refractivity contribution in [1.29, 1.82) is 0 Å². The van der Waals surface area contributed by atoms with Crippen molar-refractivity contribution in [1.82, 2.24) is 4.90 Å². The van der Waals surface area contributed by atoms with Gasteiger partial charge in [0.2, 0.25) is 5.76 Å². The average Bonchev–Trinajstić information content (AvgIpc) is 3.01. The molecule has 1 fully saturated rings. The highest BCUT2D eigenvalue weighted by Crippen LogP contribution is 2.46. The van der Waals surface area contributed by atoms with Crippen LogP contribution >= 0.6 is 11.8 Å². The third-order valence-electron chi connectivity index (χ3n) is 5.27. The second-order valence-electron chi connectivity index (χ2n) is 7.85. The molecule has 2 rings (SSSR count). The Hall–Kier alpha value is -0.840. The van der Waals surface area contributed by atoms with Gasteiger partial charge in [0.1, 0.15) is 6.04 Å². The number of unbranched alkanes of at least 4 members (excludes halogenated alkanes) is 5. The number of amides is 1. The van der Waals surface area contributed by atoms with E-state index in [2.05, 4.69) is 27.7 Å². The molecule has 0 aliphatic carbocycles. The van der Waals surface area contributed by atoms with Crippen LogP contribution in [0.5, 0.6) is 0 Å². The maximum atomic E-state index is 12.6. The fourth-order valence-corrected chi connectivity index (χ4v) is 4.93. The summed E-state index contributed by atoms with van der Waals surface area (Å²) in [6, 6.07) is -0.240. The van der Waals surface area contributed by atoms with Gasteiger partial charge in [-0.3, -0.25) is 4.79 Å². The number of hydrogen-bond acceptors (Lipinski definition) is 4. The maximum absolute atomic E-state index is 12.6. The third kappa shape index (κ3) is 4.87. The molecule has 4 nitrogen and oxygen atoms in total. The number of aliphatic hydroxyl groups is 1. The Balaban J connectivity index is 1.92. The Kier molecular flexibility index (Phi) is 7.53. The number of carbonyl (C=O) groups excluding carboxylic acids is 1. The summed E-state index contributed by atoms with van der Waals surface area (Å²) in [5, 5.41) is 10.6. The van der Waals surface area contributed by atoms with Gasteiger partial charge in [0, 0.05) is 4.75 Å². The average molecular weight is 370 g/mol. The van der Waals surface area contributed by atoms with E-state index in [0.717, 1.165) is 25.7 Å². The molecule has 0 aromatic heterocycles.